The number of aliphatic hydroxyl groups is 2. The van der Waals surface area contributed by atoms with Gasteiger partial charge in [-0.3, -0.25) is 0 Å². The molecule has 1 radical (unpaired) electrons. The molecular formula is C16H17O4. The lowest BCUT2D eigenvalue weighted by atomic mass is 10.0. The fourth-order valence-corrected chi connectivity index (χ4v) is 1.82. The molecule has 0 heterocycles. The minimum Gasteiger partial charge on any atom is -0.468 e. The summed E-state index contributed by atoms with van der Waals surface area (Å²) in [6.45, 7) is 0.146. The lowest BCUT2D eigenvalue weighted by molar-refractivity contribution is 0.0509. The topological polar surface area (TPSA) is 58.9 Å². The molecule has 0 saturated heterocycles. The van der Waals surface area contributed by atoms with E-state index >= 15 is 0 Å². The second-order valence-corrected chi connectivity index (χ2v) is 4.33. The highest BCUT2D eigenvalue weighted by atomic mass is 16.7. The van der Waals surface area contributed by atoms with E-state index in [0.29, 0.717) is 11.3 Å². The predicted molar refractivity (Wildman–Crippen MR) is 74.2 cm³/mol. The maximum atomic E-state index is 10.3. The maximum absolute atomic E-state index is 10.3. The Morgan fingerprint density at radius 2 is 1.95 bits per heavy atom. The molecule has 1 unspecified atom stereocenters. The molecule has 20 heavy (non-hydrogen) atoms. The first-order valence-corrected chi connectivity index (χ1v) is 6.25. The Hall–Kier alpha value is -1.88. The number of benzene rings is 2. The molecule has 0 aliphatic rings. The zero-order chi connectivity index (χ0) is 14.4. The highest BCUT2D eigenvalue weighted by molar-refractivity contribution is 5.35. The van der Waals surface area contributed by atoms with Crippen LogP contribution >= 0.6 is 0 Å². The van der Waals surface area contributed by atoms with Crippen LogP contribution in [0.3, 0.4) is 0 Å². The van der Waals surface area contributed by atoms with Gasteiger partial charge >= 0.3 is 0 Å². The van der Waals surface area contributed by atoms with Crippen LogP contribution < -0.4 is 4.74 Å². The fourth-order valence-electron chi connectivity index (χ4n) is 1.82. The van der Waals surface area contributed by atoms with Gasteiger partial charge in [0.15, 0.2) is 6.79 Å². The first kappa shape index (κ1) is 14.5. The van der Waals surface area contributed by atoms with Gasteiger partial charge in [-0.25, -0.2) is 0 Å². The third-order valence-electron chi connectivity index (χ3n) is 2.91. The van der Waals surface area contributed by atoms with Crippen LogP contribution in [-0.4, -0.2) is 24.1 Å². The van der Waals surface area contributed by atoms with E-state index in [-0.39, 0.29) is 13.4 Å². The van der Waals surface area contributed by atoms with Crippen molar-refractivity contribution in [2.24, 2.45) is 0 Å². The summed E-state index contributed by atoms with van der Waals surface area (Å²) in [5, 5.41) is 19.3. The fraction of sp³-hybridized carbons (Fsp3) is 0.250. The maximum Gasteiger partial charge on any atom is 0.188 e. The highest BCUT2D eigenvalue weighted by Gasteiger charge is 2.11. The number of hydrogen-bond acceptors (Lipinski definition) is 4. The monoisotopic (exact) mass is 273 g/mol. The SMILES string of the molecule is COCOc1cc[c]c(C(O)c2ccc(CO)cc2)c1. The number of aliphatic hydroxyl groups excluding tert-OH is 2. The second-order valence-electron chi connectivity index (χ2n) is 4.33. The molecule has 0 fully saturated rings. The van der Waals surface area contributed by atoms with E-state index in [2.05, 4.69) is 6.07 Å². The van der Waals surface area contributed by atoms with E-state index in [1.807, 2.05) is 0 Å². The van der Waals surface area contributed by atoms with Crippen molar-refractivity contribution >= 4 is 0 Å². The first-order valence-electron chi connectivity index (χ1n) is 6.25. The second kappa shape index (κ2) is 7.05. The highest BCUT2D eigenvalue weighted by Crippen LogP contribution is 2.25. The smallest absolute Gasteiger partial charge is 0.188 e. The van der Waals surface area contributed by atoms with Gasteiger partial charge in [-0.15, -0.1) is 0 Å². The summed E-state index contributed by atoms with van der Waals surface area (Å²) >= 11 is 0. The standard InChI is InChI=1S/C16H17O4/c1-19-11-20-15-4-2-3-14(9-15)16(18)13-7-5-12(10-17)6-8-13/h2,4-9,16-18H,10-11H2,1H3. The van der Waals surface area contributed by atoms with Gasteiger partial charge in [0, 0.05) is 7.11 Å². The number of rotatable bonds is 6. The Bertz CT molecular complexity index is 536. The van der Waals surface area contributed by atoms with E-state index < -0.39 is 6.10 Å². The van der Waals surface area contributed by atoms with Crippen molar-refractivity contribution in [2.75, 3.05) is 13.9 Å². The van der Waals surface area contributed by atoms with Crippen LogP contribution in [0.1, 0.15) is 22.8 Å². The molecule has 2 aromatic carbocycles. The lowest BCUT2D eigenvalue weighted by Crippen LogP contribution is -2.02. The number of ether oxygens (including phenoxy) is 2. The van der Waals surface area contributed by atoms with Gasteiger partial charge < -0.3 is 19.7 Å². The molecular weight excluding hydrogens is 256 g/mol. The molecule has 2 aromatic rings. The molecule has 0 aromatic heterocycles. The molecule has 1 atom stereocenters. The van der Waals surface area contributed by atoms with E-state index in [9.17, 15) is 5.11 Å². The van der Waals surface area contributed by atoms with Crippen molar-refractivity contribution in [3.63, 3.8) is 0 Å². The first-order chi connectivity index (χ1) is 9.74. The van der Waals surface area contributed by atoms with Gasteiger partial charge in [-0.2, -0.15) is 0 Å². The molecule has 2 rings (SSSR count). The summed E-state index contributed by atoms with van der Waals surface area (Å²) in [5.74, 6) is 0.617. The lowest BCUT2D eigenvalue weighted by Gasteiger charge is -2.13. The van der Waals surface area contributed by atoms with E-state index in [0.717, 1.165) is 11.1 Å². The Morgan fingerprint density at radius 3 is 2.60 bits per heavy atom. The van der Waals surface area contributed by atoms with Gasteiger partial charge in [-0.1, -0.05) is 30.3 Å². The van der Waals surface area contributed by atoms with Crippen molar-refractivity contribution in [2.45, 2.75) is 12.7 Å². The Kier molecular flexibility index (Phi) is 5.12. The third kappa shape index (κ3) is 3.57. The normalized spacial score (nSPS) is 12.2. The number of methoxy groups -OCH3 is 1. The molecule has 0 aliphatic heterocycles. The van der Waals surface area contributed by atoms with Crippen molar-refractivity contribution in [1.29, 1.82) is 0 Å². The molecule has 4 nitrogen and oxygen atoms in total. The molecule has 0 amide bonds. The molecule has 105 valence electrons. The van der Waals surface area contributed by atoms with Crippen molar-refractivity contribution in [3.8, 4) is 5.75 Å². The van der Waals surface area contributed by atoms with Crippen LogP contribution in [0.5, 0.6) is 5.75 Å². The average molecular weight is 273 g/mol. The van der Waals surface area contributed by atoms with Gasteiger partial charge in [0.2, 0.25) is 0 Å². The minimum atomic E-state index is -0.783. The minimum absolute atomic E-state index is 0.0111. The zero-order valence-electron chi connectivity index (χ0n) is 11.2. The largest absolute Gasteiger partial charge is 0.468 e. The zero-order valence-corrected chi connectivity index (χ0v) is 11.2. The van der Waals surface area contributed by atoms with Crippen LogP contribution in [-0.2, 0) is 11.3 Å². The molecule has 0 saturated carbocycles. The quantitative estimate of drug-likeness (QED) is 0.791. The summed E-state index contributed by atoms with van der Waals surface area (Å²) in [4.78, 5) is 0. The van der Waals surface area contributed by atoms with Crippen LogP contribution in [0.25, 0.3) is 0 Å². The van der Waals surface area contributed by atoms with Gasteiger partial charge in [0.1, 0.15) is 11.9 Å². The van der Waals surface area contributed by atoms with Crippen LogP contribution in [0.2, 0.25) is 0 Å². The summed E-state index contributed by atoms with van der Waals surface area (Å²) in [5.41, 5.74) is 2.17. The van der Waals surface area contributed by atoms with Crippen molar-refractivity contribution in [3.05, 3.63) is 65.2 Å². The molecule has 0 bridgehead atoms. The summed E-state index contributed by atoms with van der Waals surface area (Å²) in [6.07, 6.45) is -0.783. The molecule has 2 N–H and O–H groups in total. The van der Waals surface area contributed by atoms with Gasteiger partial charge in [0.05, 0.1) is 6.61 Å². The van der Waals surface area contributed by atoms with Crippen LogP contribution in [0.15, 0.2) is 42.5 Å². The van der Waals surface area contributed by atoms with Crippen LogP contribution in [0.4, 0.5) is 0 Å². The Labute approximate surface area is 118 Å². The van der Waals surface area contributed by atoms with E-state index in [4.69, 9.17) is 14.6 Å². The van der Waals surface area contributed by atoms with E-state index in [1.165, 1.54) is 0 Å². The Balaban J connectivity index is 2.16. The predicted octanol–water partition coefficient (Wildman–Crippen LogP) is 2.04. The average Bonchev–Trinajstić information content (AvgIpc) is 2.52. The third-order valence-corrected chi connectivity index (χ3v) is 2.91. The van der Waals surface area contributed by atoms with Crippen molar-refractivity contribution in [1.82, 2.24) is 0 Å². The summed E-state index contributed by atoms with van der Waals surface area (Å²) in [7, 11) is 1.55. The molecule has 0 aliphatic carbocycles. The summed E-state index contributed by atoms with van der Waals surface area (Å²) < 4.78 is 10.2. The van der Waals surface area contributed by atoms with Gasteiger partial charge in [0.25, 0.3) is 0 Å². The van der Waals surface area contributed by atoms with Crippen molar-refractivity contribution < 1.29 is 19.7 Å². The Morgan fingerprint density at radius 1 is 1.20 bits per heavy atom. The molecule has 0 spiro atoms. The number of hydrogen-bond donors (Lipinski definition) is 2. The molecule has 4 heteroatoms. The van der Waals surface area contributed by atoms with E-state index in [1.54, 1.807) is 49.6 Å². The summed E-state index contributed by atoms with van der Waals surface area (Å²) in [6, 6.07) is 15.3. The van der Waals surface area contributed by atoms with Crippen LogP contribution in [0, 0.1) is 6.07 Å². The van der Waals surface area contributed by atoms with Gasteiger partial charge in [-0.05, 0) is 34.9 Å².